The molecule has 2 rings (SSSR count). The van der Waals surface area contributed by atoms with Crippen molar-refractivity contribution in [2.24, 2.45) is 0 Å². The summed E-state index contributed by atoms with van der Waals surface area (Å²) < 4.78 is 15.0. The zero-order valence-corrected chi connectivity index (χ0v) is 8.67. The van der Waals surface area contributed by atoms with E-state index in [-0.39, 0.29) is 0 Å². The summed E-state index contributed by atoms with van der Waals surface area (Å²) in [6.07, 6.45) is 4.92. The van der Waals surface area contributed by atoms with Crippen LogP contribution in [0.5, 0.6) is 5.75 Å². The first-order chi connectivity index (χ1) is 7.78. The van der Waals surface area contributed by atoms with Crippen molar-refractivity contribution in [2.45, 2.75) is 0 Å². The van der Waals surface area contributed by atoms with E-state index >= 15 is 0 Å². The molecule has 0 bridgehead atoms. The Morgan fingerprint density at radius 1 is 1.25 bits per heavy atom. The Balaban J connectivity index is 2.27. The van der Waals surface area contributed by atoms with Crippen molar-refractivity contribution in [3.63, 3.8) is 0 Å². The molecule has 0 fully saturated rings. The van der Waals surface area contributed by atoms with E-state index in [9.17, 15) is 4.79 Å². The molecule has 0 aliphatic carbocycles. The second kappa shape index (κ2) is 4.53. The smallest absolute Gasteiger partial charge is 0.339 e. The monoisotopic (exact) mass is 218 g/mol. The molecule has 0 radical (unpaired) electrons. The van der Waals surface area contributed by atoms with Crippen molar-refractivity contribution >= 4 is 12.2 Å². The van der Waals surface area contributed by atoms with Gasteiger partial charge in [-0.1, -0.05) is 0 Å². The number of rotatable bonds is 3. The van der Waals surface area contributed by atoms with E-state index in [1.165, 1.54) is 13.2 Å². The fraction of sp³-hybridized carbons (Fsp3) is 0.0833. The summed E-state index contributed by atoms with van der Waals surface area (Å²) >= 11 is 0. The Morgan fingerprint density at radius 3 is 2.75 bits per heavy atom. The molecule has 0 aromatic carbocycles. The summed E-state index contributed by atoms with van der Waals surface area (Å²) in [5.74, 6) is 1.57. The van der Waals surface area contributed by atoms with Crippen LogP contribution in [-0.2, 0) is 0 Å². The normalized spacial score (nSPS) is 10.8. The lowest BCUT2D eigenvalue weighted by atomic mass is 10.3. The van der Waals surface area contributed by atoms with Gasteiger partial charge in [-0.05, 0) is 24.3 Å². The Labute approximate surface area is 91.8 Å². The molecule has 0 aliphatic rings. The summed E-state index contributed by atoms with van der Waals surface area (Å²) in [6, 6.07) is 6.49. The maximum Gasteiger partial charge on any atom is 0.339 e. The van der Waals surface area contributed by atoms with Gasteiger partial charge in [-0.2, -0.15) is 0 Å². The van der Waals surface area contributed by atoms with E-state index in [0.29, 0.717) is 17.3 Å². The van der Waals surface area contributed by atoms with Crippen LogP contribution in [0.3, 0.4) is 0 Å². The van der Waals surface area contributed by atoms with Crippen LogP contribution in [0.2, 0.25) is 0 Å². The van der Waals surface area contributed by atoms with Crippen LogP contribution in [0, 0.1) is 0 Å². The topological polar surface area (TPSA) is 52.6 Å². The molecule has 0 amide bonds. The lowest BCUT2D eigenvalue weighted by Crippen LogP contribution is -1.98. The molecule has 2 aromatic rings. The minimum atomic E-state index is -0.446. The molecule has 0 saturated carbocycles. The molecule has 0 unspecified atom stereocenters. The van der Waals surface area contributed by atoms with Gasteiger partial charge in [0, 0.05) is 6.07 Å². The van der Waals surface area contributed by atoms with Gasteiger partial charge >= 0.3 is 5.63 Å². The van der Waals surface area contributed by atoms with Gasteiger partial charge in [0.05, 0.1) is 19.4 Å². The van der Waals surface area contributed by atoms with Gasteiger partial charge in [0.15, 0.2) is 0 Å². The van der Waals surface area contributed by atoms with Crippen molar-refractivity contribution in [3.8, 4) is 5.75 Å². The molecule has 0 saturated heterocycles. The number of furan rings is 1. The van der Waals surface area contributed by atoms with E-state index in [0.717, 1.165) is 0 Å². The molecule has 0 N–H and O–H groups in total. The van der Waals surface area contributed by atoms with E-state index in [4.69, 9.17) is 13.6 Å². The highest BCUT2D eigenvalue weighted by atomic mass is 16.5. The van der Waals surface area contributed by atoms with Crippen LogP contribution in [0.25, 0.3) is 12.2 Å². The molecule has 2 aromatic heterocycles. The average molecular weight is 218 g/mol. The van der Waals surface area contributed by atoms with Crippen LogP contribution in [0.4, 0.5) is 0 Å². The van der Waals surface area contributed by atoms with Gasteiger partial charge in [-0.3, -0.25) is 0 Å². The van der Waals surface area contributed by atoms with Crippen LogP contribution in [0.15, 0.2) is 44.2 Å². The number of ether oxygens (including phenoxy) is 1. The summed E-state index contributed by atoms with van der Waals surface area (Å²) in [6.45, 7) is 0. The minimum absolute atomic E-state index is 0.417. The first-order valence-electron chi connectivity index (χ1n) is 4.69. The fourth-order valence-electron chi connectivity index (χ4n) is 1.22. The Hall–Kier alpha value is -2.23. The van der Waals surface area contributed by atoms with Crippen molar-refractivity contribution in [2.75, 3.05) is 7.11 Å². The molecule has 0 aliphatic heterocycles. The second-order valence-corrected chi connectivity index (χ2v) is 3.07. The van der Waals surface area contributed by atoms with Crippen molar-refractivity contribution in [1.82, 2.24) is 0 Å². The summed E-state index contributed by atoms with van der Waals surface area (Å²) in [7, 11) is 1.49. The molecule has 4 heteroatoms. The highest BCUT2D eigenvalue weighted by Gasteiger charge is 1.98. The number of hydrogen-bond acceptors (Lipinski definition) is 4. The van der Waals surface area contributed by atoms with Crippen molar-refractivity contribution < 1.29 is 13.6 Å². The standard InChI is InChI=1S/C12H10O4/c1-14-11-7-10(16-12(13)8-11)5-4-9-3-2-6-15-9/h2-8H,1H3/b5-4+. The zero-order valence-electron chi connectivity index (χ0n) is 8.67. The van der Waals surface area contributed by atoms with Crippen LogP contribution >= 0.6 is 0 Å². The highest BCUT2D eigenvalue weighted by molar-refractivity contribution is 5.64. The molecule has 0 atom stereocenters. The Morgan fingerprint density at radius 2 is 2.06 bits per heavy atom. The SMILES string of the molecule is COc1cc(/C=C/c2ccco2)oc(=O)c1. The van der Waals surface area contributed by atoms with Gasteiger partial charge in [0.1, 0.15) is 17.3 Å². The van der Waals surface area contributed by atoms with E-state index in [1.54, 1.807) is 36.6 Å². The maximum absolute atomic E-state index is 11.1. The lowest BCUT2D eigenvalue weighted by molar-refractivity contribution is 0.400. The molecule has 2 heterocycles. The third kappa shape index (κ3) is 2.42. The first kappa shape index (κ1) is 10.3. The predicted molar refractivity (Wildman–Crippen MR) is 59.2 cm³/mol. The Bertz CT molecular complexity index is 534. The molecule has 82 valence electrons. The first-order valence-corrected chi connectivity index (χ1v) is 4.69. The molecule has 0 spiro atoms. The second-order valence-electron chi connectivity index (χ2n) is 3.07. The van der Waals surface area contributed by atoms with Crippen LogP contribution in [-0.4, -0.2) is 7.11 Å². The molecule has 4 nitrogen and oxygen atoms in total. The molecule has 16 heavy (non-hydrogen) atoms. The largest absolute Gasteiger partial charge is 0.496 e. The van der Waals surface area contributed by atoms with Gasteiger partial charge < -0.3 is 13.6 Å². The predicted octanol–water partition coefficient (Wildman–Crippen LogP) is 2.41. The Kier molecular flexibility index (Phi) is 2.91. The van der Waals surface area contributed by atoms with Gasteiger partial charge in [0.25, 0.3) is 0 Å². The van der Waals surface area contributed by atoms with Crippen molar-refractivity contribution in [1.29, 1.82) is 0 Å². The summed E-state index contributed by atoms with van der Waals surface area (Å²) in [5, 5.41) is 0. The zero-order chi connectivity index (χ0) is 11.4. The van der Waals surface area contributed by atoms with Crippen LogP contribution < -0.4 is 10.4 Å². The maximum atomic E-state index is 11.1. The van der Waals surface area contributed by atoms with E-state index in [2.05, 4.69) is 0 Å². The fourth-order valence-corrected chi connectivity index (χ4v) is 1.22. The molecular formula is C12H10O4. The highest BCUT2D eigenvalue weighted by Crippen LogP contribution is 2.12. The third-order valence-corrected chi connectivity index (χ3v) is 1.95. The quantitative estimate of drug-likeness (QED) is 0.793. The average Bonchev–Trinajstić information content (AvgIpc) is 2.78. The molecular weight excluding hydrogens is 208 g/mol. The van der Waals surface area contributed by atoms with Gasteiger partial charge in [0.2, 0.25) is 0 Å². The van der Waals surface area contributed by atoms with Gasteiger partial charge in [-0.15, -0.1) is 0 Å². The third-order valence-electron chi connectivity index (χ3n) is 1.95. The van der Waals surface area contributed by atoms with E-state index in [1.807, 2.05) is 0 Å². The minimum Gasteiger partial charge on any atom is -0.496 e. The summed E-state index contributed by atoms with van der Waals surface area (Å²) in [5.41, 5.74) is -0.446. The number of hydrogen-bond donors (Lipinski definition) is 0. The summed E-state index contributed by atoms with van der Waals surface area (Å²) in [4.78, 5) is 11.1. The lowest BCUT2D eigenvalue weighted by Gasteiger charge is -1.98. The van der Waals surface area contributed by atoms with Crippen molar-refractivity contribution in [3.05, 3.63) is 52.5 Å². The number of methoxy groups -OCH3 is 1. The van der Waals surface area contributed by atoms with Crippen LogP contribution in [0.1, 0.15) is 11.5 Å². The van der Waals surface area contributed by atoms with E-state index < -0.39 is 5.63 Å². The van der Waals surface area contributed by atoms with Gasteiger partial charge in [-0.25, -0.2) is 4.79 Å².